The van der Waals surface area contributed by atoms with E-state index in [1.807, 2.05) is 38.1 Å². The van der Waals surface area contributed by atoms with E-state index in [0.29, 0.717) is 11.5 Å². The first-order valence-corrected chi connectivity index (χ1v) is 7.80. The van der Waals surface area contributed by atoms with Gasteiger partial charge in [0.25, 0.3) is 0 Å². The van der Waals surface area contributed by atoms with Gasteiger partial charge < -0.3 is 15.4 Å². The van der Waals surface area contributed by atoms with Gasteiger partial charge in [-0.3, -0.25) is 5.10 Å². The minimum Gasteiger partial charge on any atom is -0.376 e. The van der Waals surface area contributed by atoms with Crippen molar-refractivity contribution in [3.05, 3.63) is 30.1 Å². The summed E-state index contributed by atoms with van der Waals surface area (Å²) in [6, 6.07) is 7.19. The maximum atomic E-state index is 12.1. The number of aromatic nitrogens is 3. The molecule has 0 aliphatic carbocycles. The first-order valence-electron chi connectivity index (χ1n) is 7.80. The topological polar surface area (TPSA) is 91.9 Å². The lowest BCUT2D eigenvalue weighted by Crippen LogP contribution is -2.42. The van der Waals surface area contributed by atoms with E-state index >= 15 is 0 Å². The molecule has 122 valence electrons. The third kappa shape index (κ3) is 3.87. The van der Waals surface area contributed by atoms with Crippen molar-refractivity contribution in [2.24, 2.45) is 0 Å². The van der Waals surface area contributed by atoms with Crippen LogP contribution in [0.5, 0.6) is 0 Å². The average Bonchev–Trinajstić information content (AvgIpc) is 3.18. The Bertz CT molecular complexity index is 679. The molecular weight excluding hydrogens is 294 g/mol. The number of amides is 2. The van der Waals surface area contributed by atoms with Gasteiger partial charge in [0.1, 0.15) is 5.82 Å². The number of anilines is 1. The molecule has 0 bridgehead atoms. The van der Waals surface area contributed by atoms with Crippen LogP contribution < -0.4 is 10.6 Å². The number of carbonyl (C=O) groups excluding carboxylic acids is 1. The fourth-order valence-corrected chi connectivity index (χ4v) is 2.67. The molecule has 2 aromatic rings. The molecule has 23 heavy (non-hydrogen) atoms. The molecule has 3 rings (SSSR count). The number of urea groups is 1. The Labute approximate surface area is 134 Å². The minimum absolute atomic E-state index is 0.0173. The summed E-state index contributed by atoms with van der Waals surface area (Å²) in [5.41, 5.74) is 1.54. The van der Waals surface area contributed by atoms with Crippen molar-refractivity contribution in [2.45, 2.75) is 38.8 Å². The first kappa shape index (κ1) is 15.5. The highest BCUT2D eigenvalue weighted by Gasteiger charge is 2.23. The van der Waals surface area contributed by atoms with Crippen LogP contribution in [0.4, 0.5) is 10.5 Å². The van der Waals surface area contributed by atoms with Gasteiger partial charge in [-0.25, -0.2) is 9.78 Å². The van der Waals surface area contributed by atoms with E-state index < -0.39 is 0 Å². The van der Waals surface area contributed by atoms with Crippen molar-refractivity contribution in [3.63, 3.8) is 0 Å². The van der Waals surface area contributed by atoms with E-state index in [4.69, 9.17) is 4.74 Å². The number of nitrogens with zero attached hydrogens (tertiary/aromatic N) is 2. The van der Waals surface area contributed by atoms with Crippen LogP contribution in [0.25, 0.3) is 11.4 Å². The van der Waals surface area contributed by atoms with E-state index in [0.717, 1.165) is 30.8 Å². The minimum atomic E-state index is -0.240. The molecule has 0 unspecified atom stereocenters. The first-order chi connectivity index (χ1) is 11.1. The van der Waals surface area contributed by atoms with Crippen molar-refractivity contribution < 1.29 is 9.53 Å². The van der Waals surface area contributed by atoms with E-state index in [9.17, 15) is 4.79 Å². The molecule has 3 N–H and O–H groups in total. The zero-order valence-electron chi connectivity index (χ0n) is 13.3. The van der Waals surface area contributed by atoms with Crippen molar-refractivity contribution in [2.75, 3.05) is 11.9 Å². The van der Waals surface area contributed by atoms with Gasteiger partial charge in [-0.2, -0.15) is 5.10 Å². The summed E-state index contributed by atoms with van der Waals surface area (Å²) in [6.07, 6.45) is 2.14. The largest absolute Gasteiger partial charge is 0.376 e. The zero-order chi connectivity index (χ0) is 16.2. The lowest BCUT2D eigenvalue weighted by molar-refractivity contribution is 0.0868. The van der Waals surface area contributed by atoms with Crippen molar-refractivity contribution in [1.82, 2.24) is 20.5 Å². The number of carbonyl (C=O) groups is 1. The van der Waals surface area contributed by atoms with Crippen LogP contribution in [-0.2, 0) is 4.74 Å². The molecule has 1 aromatic heterocycles. The highest BCUT2D eigenvalue weighted by atomic mass is 16.5. The van der Waals surface area contributed by atoms with Gasteiger partial charge >= 0.3 is 6.03 Å². The summed E-state index contributed by atoms with van der Waals surface area (Å²) >= 11 is 0. The SMILES string of the molecule is Cc1nc(-c2cccc(NC(=O)N[C@@H](C)[C@@H]3CCCO3)c2)n[nH]1. The number of nitrogens with one attached hydrogen (secondary N) is 3. The van der Waals surface area contributed by atoms with Gasteiger partial charge in [0, 0.05) is 17.9 Å². The predicted octanol–water partition coefficient (Wildman–Crippen LogP) is 2.47. The summed E-state index contributed by atoms with van der Waals surface area (Å²) < 4.78 is 5.58. The highest BCUT2D eigenvalue weighted by Crippen LogP contribution is 2.19. The number of ether oxygens (including phenoxy) is 1. The zero-order valence-corrected chi connectivity index (χ0v) is 13.3. The number of rotatable bonds is 4. The molecule has 7 heteroatoms. The fourth-order valence-electron chi connectivity index (χ4n) is 2.67. The lowest BCUT2D eigenvalue weighted by atomic mass is 10.1. The van der Waals surface area contributed by atoms with Crippen LogP contribution in [0.1, 0.15) is 25.6 Å². The van der Waals surface area contributed by atoms with Crippen LogP contribution in [0.3, 0.4) is 0 Å². The third-order valence-electron chi connectivity index (χ3n) is 3.86. The van der Waals surface area contributed by atoms with Crippen LogP contribution in [-0.4, -0.2) is 40.0 Å². The molecule has 1 aliphatic rings. The molecule has 1 saturated heterocycles. The van der Waals surface area contributed by atoms with Crippen LogP contribution >= 0.6 is 0 Å². The standard InChI is InChI=1S/C16H21N5O2/c1-10(14-7-4-8-23-14)17-16(22)19-13-6-3-5-12(9-13)15-18-11(2)20-21-15/h3,5-6,9-10,14H,4,7-8H2,1-2H3,(H2,17,19,22)(H,18,20,21)/t10-,14-/m0/s1. The van der Waals surface area contributed by atoms with E-state index in [-0.39, 0.29) is 18.2 Å². The van der Waals surface area contributed by atoms with Crippen molar-refractivity contribution in [1.29, 1.82) is 0 Å². The molecule has 0 saturated carbocycles. The van der Waals surface area contributed by atoms with Crippen molar-refractivity contribution in [3.8, 4) is 11.4 Å². The molecule has 7 nitrogen and oxygen atoms in total. The monoisotopic (exact) mass is 315 g/mol. The van der Waals surface area contributed by atoms with Crippen LogP contribution in [0.2, 0.25) is 0 Å². The molecule has 2 atom stereocenters. The van der Waals surface area contributed by atoms with Gasteiger partial charge in [-0.1, -0.05) is 12.1 Å². The maximum Gasteiger partial charge on any atom is 0.319 e. The summed E-state index contributed by atoms with van der Waals surface area (Å²) in [4.78, 5) is 16.4. The molecule has 0 radical (unpaired) electrons. The number of aromatic amines is 1. The second-order valence-electron chi connectivity index (χ2n) is 5.76. The summed E-state index contributed by atoms with van der Waals surface area (Å²) in [5.74, 6) is 1.36. The normalized spacial score (nSPS) is 18.6. The highest BCUT2D eigenvalue weighted by molar-refractivity contribution is 5.90. The summed E-state index contributed by atoms with van der Waals surface area (Å²) in [5, 5.41) is 12.7. The molecule has 1 fully saturated rings. The molecule has 1 aromatic carbocycles. The Hall–Kier alpha value is -2.41. The van der Waals surface area contributed by atoms with Gasteiger partial charge in [0.2, 0.25) is 0 Å². The molecular formula is C16H21N5O2. The second kappa shape index (κ2) is 6.78. The molecule has 2 amide bonds. The van der Waals surface area contributed by atoms with Gasteiger partial charge in [-0.05, 0) is 38.8 Å². The average molecular weight is 315 g/mol. The second-order valence-corrected chi connectivity index (χ2v) is 5.76. The van der Waals surface area contributed by atoms with Crippen LogP contribution in [0, 0.1) is 6.92 Å². The molecule has 2 heterocycles. The third-order valence-corrected chi connectivity index (χ3v) is 3.86. The Morgan fingerprint density at radius 3 is 3.04 bits per heavy atom. The number of benzene rings is 1. The Kier molecular flexibility index (Phi) is 4.57. The van der Waals surface area contributed by atoms with Gasteiger partial charge in [0.15, 0.2) is 5.82 Å². The molecule has 0 spiro atoms. The molecule has 1 aliphatic heterocycles. The quantitative estimate of drug-likeness (QED) is 0.808. The fraction of sp³-hybridized carbons (Fsp3) is 0.438. The smallest absolute Gasteiger partial charge is 0.319 e. The van der Waals surface area contributed by atoms with Crippen molar-refractivity contribution >= 4 is 11.7 Å². The lowest BCUT2D eigenvalue weighted by Gasteiger charge is -2.20. The summed E-state index contributed by atoms with van der Waals surface area (Å²) in [6.45, 7) is 4.58. The number of hydrogen-bond acceptors (Lipinski definition) is 4. The van der Waals surface area contributed by atoms with E-state index in [1.165, 1.54) is 0 Å². The van der Waals surface area contributed by atoms with Crippen LogP contribution in [0.15, 0.2) is 24.3 Å². The Morgan fingerprint density at radius 2 is 2.35 bits per heavy atom. The number of H-pyrrole nitrogens is 1. The Morgan fingerprint density at radius 1 is 1.48 bits per heavy atom. The number of aryl methyl sites for hydroxylation is 1. The predicted molar refractivity (Wildman–Crippen MR) is 87.1 cm³/mol. The van der Waals surface area contributed by atoms with Gasteiger partial charge in [0.05, 0.1) is 12.1 Å². The van der Waals surface area contributed by atoms with E-state index in [2.05, 4.69) is 25.8 Å². The maximum absolute atomic E-state index is 12.1. The Balaban J connectivity index is 1.62. The summed E-state index contributed by atoms with van der Waals surface area (Å²) in [7, 11) is 0. The van der Waals surface area contributed by atoms with Gasteiger partial charge in [-0.15, -0.1) is 0 Å². The van der Waals surface area contributed by atoms with E-state index in [1.54, 1.807) is 0 Å². The number of hydrogen-bond donors (Lipinski definition) is 3.